The van der Waals surface area contributed by atoms with E-state index >= 15 is 0 Å². The third-order valence-electron chi connectivity index (χ3n) is 7.15. The Kier molecular flexibility index (Phi) is 9.08. The Bertz CT molecular complexity index is 1070. The molecule has 1 amide bonds. The Hall–Kier alpha value is -2.80. The molecule has 1 saturated heterocycles. The number of hydrogen-bond donors (Lipinski definition) is 2. The zero-order chi connectivity index (χ0) is 25.5. The van der Waals surface area contributed by atoms with Crippen LogP contribution in [0.5, 0.6) is 0 Å². The lowest BCUT2D eigenvalue weighted by Crippen LogP contribution is -2.47. The number of carbonyl (C=O) groups excluding carboxylic acids is 1. The van der Waals surface area contributed by atoms with E-state index in [9.17, 15) is 4.79 Å². The topological polar surface area (TPSA) is 70.2 Å². The van der Waals surface area contributed by atoms with E-state index in [1.165, 1.54) is 11.1 Å². The summed E-state index contributed by atoms with van der Waals surface area (Å²) in [6.07, 6.45) is 6.87. The molecular formula is C29H36ClN5O. The first-order valence-electron chi connectivity index (χ1n) is 12.8. The Morgan fingerprint density at radius 3 is 2.50 bits per heavy atom. The van der Waals surface area contributed by atoms with E-state index in [-0.39, 0.29) is 11.9 Å². The highest BCUT2D eigenvalue weighted by atomic mass is 35.5. The highest BCUT2D eigenvalue weighted by molar-refractivity contribution is 6.29. The number of rotatable bonds is 9. The molecule has 1 aliphatic rings. The summed E-state index contributed by atoms with van der Waals surface area (Å²) < 4.78 is 0. The monoisotopic (exact) mass is 505 g/mol. The first kappa shape index (κ1) is 26.3. The van der Waals surface area contributed by atoms with E-state index in [0.717, 1.165) is 37.9 Å². The number of likely N-dealkylation sites (tertiary alicyclic amines) is 1. The average Bonchev–Trinajstić information content (AvgIpc) is 2.88. The molecule has 3 heterocycles. The molecule has 3 aromatic rings. The van der Waals surface area contributed by atoms with Crippen molar-refractivity contribution in [3.8, 4) is 0 Å². The van der Waals surface area contributed by atoms with Crippen LogP contribution in [-0.2, 0) is 0 Å². The van der Waals surface area contributed by atoms with Crippen molar-refractivity contribution in [1.82, 2.24) is 25.5 Å². The van der Waals surface area contributed by atoms with Gasteiger partial charge in [0.1, 0.15) is 5.15 Å². The molecular weight excluding hydrogens is 470 g/mol. The summed E-state index contributed by atoms with van der Waals surface area (Å²) >= 11 is 6.00. The number of aromatic nitrogens is 2. The smallest absolute Gasteiger partial charge is 0.253 e. The van der Waals surface area contributed by atoms with Gasteiger partial charge in [0.05, 0.1) is 17.3 Å². The SMILES string of the molecule is Cc1cc(Cl)nc(C)c1C(=O)NCC[C@@H](C)N1CCC(NC(c2ccccc2)c2cccnc2)CC1. The quantitative estimate of drug-likeness (QED) is 0.396. The highest BCUT2D eigenvalue weighted by Gasteiger charge is 2.26. The van der Waals surface area contributed by atoms with Gasteiger partial charge in [-0.15, -0.1) is 0 Å². The Morgan fingerprint density at radius 2 is 1.83 bits per heavy atom. The van der Waals surface area contributed by atoms with Gasteiger partial charge in [-0.1, -0.05) is 48.0 Å². The molecule has 0 radical (unpaired) electrons. The van der Waals surface area contributed by atoms with Gasteiger partial charge in [0.2, 0.25) is 0 Å². The molecule has 2 aromatic heterocycles. The van der Waals surface area contributed by atoms with E-state index < -0.39 is 0 Å². The predicted molar refractivity (Wildman–Crippen MR) is 145 cm³/mol. The fraction of sp³-hybridized carbons (Fsp3) is 0.414. The minimum atomic E-state index is -0.0772. The third kappa shape index (κ3) is 6.69. The molecule has 0 saturated carbocycles. The van der Waals surface area contributed by atoms with Crippen molar-refractivity contribution < 1.29 is 4.79 Å². The lowest BCUT2D eigenvalue weighted by Gasteiger charge is -2.38. The molecule has 7 heteroatoms. The van der Waals surface area contributed by atoms with Gasteiger partial charge in [-0.25, -0.2) is 4.98 Å². The fourth-order valence-corrected chi connectivity index (χ4v) is 5.40. The summed E-state index contributed by atoms with van der Waals surface area (Å²) in [4.78, 5) is 23.8. The zero-order valence-electron chi connectivity index (χ0n) is 21.4. The van der Waals surface area contributed by atoms with E-state index in [1.807, 2.05) is 32.3 Å². The first-order chi connectivity index (χ1) is 17.4. The second kappa shape index (κ2) is 12.4. The third-order valence-corrected chi connectivity index (χ3v) is 7.34. The number of piperidine rings is 1. The Labute approximate surface area is 219 Å². The molecule has 1 aromatic carbocycles. The molecule has 2 atom stereocenters. The van der Waals surface area contributed by atoms with Crippen LogP contribution >= 0.6 is 11.6 Å². The predicted octanol–water partition coefficient (Wildman–Crippen LogP) is 5.10. The number of carbonyl (C=O) groups is 1. The lowest BCUT2D eigenvalue weighted by atomic mass is 9.96. The van der Waals surface area contributed by atoms with Gasteiger partial charge in [0, 0.05) is 31.0 Å². The van der Waals surface area contributed by atoms with Crippen molar-refractivity contribution in [3.63, 3.8) is 0 Å². The second-order valence-corrected chi connectivity index (χ2v) is 10.1. The number of amides is 1. The van der Waals surface area contributed by atoms with Gasteiger partial charge >= 0.3 is 0 Å². The number of halogens is 1. The average molecular weight is 506 g/mol. The van der Waals surface area contributed by atoms with Gasteiger partial charge in [-0.05, 0) is 81.9 Å². The molecule has 6 nitrogen and oxygen atoms in total. The minimum absolute atomic E-state index is 0.0772. The van der Waals surface area contributed by atoms with E-state index in [1.54, 1.807) is 6.07 Å². The lowest BCUT2D eigenvalue weighted by molar-refractivity contribution is 0.0942. The van der Waals surface area contributed by atoms with Gasteiger partial charge in [0.15, 0.2) is 0 Å². The molecule has 4 rings (SSSR count). The second-order valence-electron chi connectivity index (χ2n) is 9.72. The van der Waals surface area contributed by atoms with Gasteiger partial charge in [-0.3, -0.25) is 9.78 Å². The van der Waals surface area contributed by atoms with Crippen LogP contribution in [0.4, 0.5) is 0 Å². The maximum absolute atomic E-state index is 12.7. The summed E-state index contributed by atoms with van der Waals surface area (Å²) in [7, 11) is 0. The van der Waals surface area contributed by atoms with Crippen molar-refractivity contribution >= 4 is 17.5 Å². The number of nitrogens with zero attached hydrogens (tertiary/aromatic N) is 3. The van der Waals surface area contributed by atoms with E-state index in [2.05, 4.69) is 68.8 Å². The maximum Gasteiger partial charge on any atom is 0.253 e. The van der Waals surface area contributed by atoms with Crippen LogP contribution in [0, 0.1) is 13.8 Å². The maximum atomic E-state index is 12.7. The molecule has 36 heavy (non-hydrogen) atoms. The van der Waals surface area contributed by atoms with Crippen molar-refractivity contribution in [2.24, 2.45) is 0 Å². The summed E-state index contributed by atoms with van der Waals surface area (Å²) in [5.74, 6) is -0.0772. The van der Waals surface area contributed by atoms with Gasteiger partial charge in [-0.2, -0.15) is 0 Å². The molecule has 1 unspecified atom stereocenters. The summed E-state index contributed by atoms with van der Waals surface area (Å²) in [6, 6.07) is 17.5. The highest BCUT2D eigenvalue weighted by Crippen LogP contribution is 2.25. The summed E-state index contributed by atoms with van der Waals surface area (Å²) in [5.41, 5.74) is 4.60. The normalized spacial score (nSPS) is 16.4. The molecule has 0 bridgehead atoms. The Morgan fingerprint density at radius 1 is 1.11 bits per heavy atom. The molecule has 190 valence electrons. The zero-order valence-corrected chi connectivity index (χ0v) is 22.1. The number of benzene rings is 1. The van der Waals surface area contributed by atoms with Crippen LogP contribution in [0.1, 0.15) is 65.0 Å². The largest absolute Gasteiger partial charge is 0.352 e. The number of aryl methyl sites for hydroxylation is 2. The van der Waals surface area contributed by atoms with E-state index in [4.69, 9.17) is 11.6 Å². The van der Waals surface area contributed by atoms with Crippen LogP contribution < -0.4 is 10.6 Å². The van der Waals surface area contributed by atoms with Crippen LogP contribution in [0.15, 0.2) is 60.9 Å². The molecule has 2 N–H and O–H groups in total. The van der Waals surface area contributed by atoms with Crippen molar-refractivity contribution in [2.75, 3.05) is 19.6 Å². The molecule has 1 aliphatic heterocycles. The standard InChI is InChI=1S/C29H36ClN5O/c1-20-18-26(30)33-22(3)27(20)29(36)32-15-11-21(2)35-16-12-25(13-17-35)34-28(23-8-5-4-6-9-23)24-10-7-14-31-19-24/h4-10,14,18-19,21,25,28,34H,11-13,15-17H2,1-3H3,(H,32,36)/t21-,28?/m1/s1. The molecule has 1 fully saturated rings. The van der Waals surface area contributed by atoms with Gasteiger partial charge in [0.25, 0.3) is 5.91 Å². The van der Waals surface area contributed by atoms with Crippen LogP contribution in [0.25, 0.3) is 0 Å². The van der Waals surface area contributed by atoms with Crippen LogP contribution in [0.3, 0.4) is 0 Å². The van der Waals surface area contributed by atoms with Crippen molar-refractivity contribution in [3.05, 3.63) is 94.0 Å². The number of hydrogen-bond acceptors (Lipinski definition) is 5. The van der Waals surface area contributed by atoms with Gasteiger partial charge < -0.3 is 15.5 Å². The van der Waals surface area contributed by atoms with Crippen LogP contribution in [0.2, 0.25) is 5.15 Å². The summed E-state index contributed by atoms with van der Waals surface area (Å²) in [6.45, 7) is 8.69. The Balaban J connectivity index is 1.27. The van der Waals surface area contributed by atoms with Crippen LogP contribution in [-0.4, -0.2) is 52.5 Å². The summed E-state index contributed by atoms with van der Waals surface area (Å²) in [5, 5.41) is 7.39. The first-order valence-corrected chi connectivity index (χ1v) is 13.2. The molecule has 0 aliphatic carbocycles. The number of nitrogens with one attached hydrogen (secondary N) is 2. The van der Waals surface area contributed by atoms with Crippen molar-refractivity contribution in [2.45, 2.75) is 58.2 Å². The van der Waals surface area contributed by atoms with E-state index in [0.29, 0.717) is 35.0 Å². The fourth-order valence-electron chi connectivity index (χ4n) is 5.11. The van der Waals surface area contributed by atoms with Crippen molar-refractivity contribution in [1.29, 1.82) is 0 Å². The molecule has 0 spiro atoms. The minimum Gasteiger partial charge on any atom is -0.352 e. The number of pyridine rings is 2.